The fourth-order valence-electron chi connectivity index (χ4n) is 2.66. The van der Waals surface area contributed by atoms with Gasteiger partial charge in [0.1, 0.15) is 0 Å². The molecule has 1 aliphatic carbocycles. The molecule has 0 radical (unpaired) electrons. The Morgan fingerprint density at radius 2 is 2.14 bits per heavy atom. The molecule has 3 N–H and O–H groups in total. The number of benzene rings is 1. The van der Waals surface area contributed by atoms with Crippen molar-refractivity contribution in [2.45, 2.75) is 38.6 Å². The molecule has 1 aromatic carbocycles. The smallest absolute Gasteiger partial charge is 0.319 e. The third kappa shape index (κ3) is 4.20. The minimum absolute atomic E-state index is 0.0633. The van der Waals surface area contributed by atoms with Gasteiger partial charge in [0.05, 0.1) is 5.92 Å². The number of amides is 2. The fourth-order valence-corrected chi connectivity index (χ4v) is 3.07. The van der Waals surface area contributed by atoms with Crippen molar-refractivity contribution in [3.05, 3.63) is 28.2 Å². The Morgan fingerprint density at radius 1 is 1.38 bits per heavy atom. The largest absolute Gasteiger partial charge is 0.481 e. The van der Waals surface area contributed by atoms with Gasteiger partial charge in [0.2, 0.25) is 0 Å². The number of carboxylic acids is 1. The second-order valence-electron chi connectivity index (χ2n) is 5.30. The zero-order valence-electron chi connectivity index (χ0n) is 11.9. The Balaban J connectivity index is 1.92. The van der Waals surface area contributed by atoms with Crippen molar-refractivity contribution in [2.75, 3.05) is 5.32 Å². The Morgan fingerprint density at radius 3 is 2.76 bits per heavy atom. The van der Waals surface area contributed by atoms with E-state index in [0.29, 0.717) is 19.3 Å². The van der Waals surface area contributed by atoms with Crippen LogP contribution in [-0.4, -0.2) is 23.1 Å². The number of carbonyl (C=O) groups excluding carboxylic acids is 1. The first-order chi connectivity index (χ1) is 9.99. The zero-order chi connectivity index (χ0) is 15.4. The van der Waals surface area contributed by atoms with Gasteiger partial charge in [-0.3, -0.25) is 4.79 Å². The molecular formula is C15H19BrN2O3. The van der Waals surface area contributed by atoms with Crippen LogP contribution in [0.2, 0.25) is 0 Å². The average molecular weight is 355 g/mol. The van der Waals surface area contributed by atoms with Crippen LogP contribution in [0.3, 0.4) is 0 Å². The first-order valence-electron chi connectivity index (χ1n) is 7.08. The number of hydrogen-bond acceptors (Lipinski definition) is 2. The van der Waals surface area contributed by atoms with Crippen LogP contribution < -0.4 is 10.6 Å². The van der Waals surface area contributed by atoms with E-state index < -0.39 is 5.97 Å². The molecular weight excluding hydrogens is 336 g/mol. The number of carboxylic acid groups (broad SMARTS) is 1. The van der Waals surface area contributed by atoms with E-state index in [1.54, 1.807) is 0 Å². The topological polar surface area (TPSA) is 78.4 Å². The third-order valence-corrected chi connectivity index (χ3v) is 4.31. The lowest BCUT2D eigenvalue weighted by molar-refractivity contribution is -0.141. The molecule has 0 spiro atoms. The summed E-state index contributed by atoms with van der Waals surface area (Å²) in [5.74, 6) is -1.12. The maximum absolute atomic E-state index is 12.0. The highest BCUT2D eigenvalue weighted by Gasteiger charge is 2.30. The van der Waals surface area contributed by atoms with Crippen LogP contribution in [0.5, 0.6) is 0 Å². The molecule has 2 rings (SSSR count). The lowest BCUT2D eigenvalue weighted by Gasteiger charge is -2.15. The maximum Gasteiger partial charge on any atom is 0.319 e. The molecule has 0 unspecified atom stereocenters. The lowest BCUT2D eigenvalue weighted by Crippen LogP contribution is -2.36. The van der Waals surface area contributed by atoms with Gasteiger partial charge in [-0.05, 0) is 49.4 Å². The Labute approximate surface area is 132 Å². The van der Waals surface area contributed by atoms with Gasteiger partial charge in [-0.2, -0.15) is 0 Å². The molecule has 0 aliphatic heterocycles. The van der Waals surface area contributed by atoms with E-state index in [0.717, 1.165) is 22.1 Å². The molecule has 5 nitrogen and oxygen atoms in total. The molecule has 2 atom stereocenters. The van der Waals surface area contributed by atoms with Crippen LogP contribution in [0.25, 0.3) is 0 Å². The quantitative estimate of drug-likeness (QED) is 0.775. The number of nitrogens with one attached hydrogen (secondary N) is 2. The summed E-state index contributed by atoms with van der Waals surface area (Å²) >= 11 is 3.41. The molecule has 0 bridgehead atoms. The molecule has 1 aromatic rings. The van der Waals surface area contributed by atoms with Crippen molar-refractivity contribution in [2.24, 2.45) is 5.92 Å². The molecule has 0 heterocycles. The normalized spacial score (nSPS) is 21.0. The maximum atomic E-state index is 12.0. The molecule has 1 fully saturated rings. The molecule has 1 aliphatic rings. The lowest BCUT2D eigenvalue weighted by atomic mass is 10.1. The average Bonchev–Trinajstić information content (AvgIpc) is 2.89. The number of hydrogen-bond donors (Lipinski definition) is 3. The summed E-state index contributed by atoms with van der Waals surface area (Å²) in [5.41, 5.74) is 1.83. The summed E-state index contributed by atoms with van der Waals surface area (Å²) in [6, 6.07) is 5.38. The van der Waals surface area contributed by atoms with Crippen molar-refractivity contribution < 1.29 is 14.7 Å². The van der Waals surface area contributed by atoms with Gasteiger partial charge in [-0.1, -0.05) is 22.9 Å². The number of rotatable bonds is 4. The molecule has 21 heavy (non-hydrogen) atoms. The molecule has 0 saturated heterocycles. The van der Waals surface area contributed by atoms with Crippen molar-refractivity contribution in [1.29, 1.82) is 0 Å². The first-order valence-corrected chi connectivity index (χ1v) is 7.87. The SMILES string of the molecule is CCc1cc(Br)ccc1NC(=O)N[C@H]1CC[C@@H](C(=O)O)C1. The minimum atomic E-state index is -0.777. The van der Waals surface area contributed by atoms with Crippen LogP contribution in [0.15, 0.2) is 22.7 Å². The highest BCUT2D eigenvalue weighted by Crippen LogP contribution is 2.26. The van der Waals surface area contributed by atoms with E-state index in [4.69, 9.17) is 5.11 Å². The Hall–Kier alpha value is -1.56. The fraction of sp³-hybridized carbons (Fsp3) is 0.467. The second kappa shape index (κ2) is 6.93. The first kappa shape index (κ1) is 15.8. The predicted octanol–water partition coefficient (Wildman–Crippen LogP) is 3.39. The number of halogens is 1. The van der Waals surface area contributed by atoms with Gasteiger partial charge in [0, 0.05) is 16.2 Å². The number of aryl methyl sites for hydroxylation is 1. The monoisotopic (exact) mass is 354 g/mol. The van der Waals surface area contributed by atoms with Crippen LogP contribution >= 0.6 is 15.9 Å². The summed E-state index contributed by atoms with van der Waals surface area (Å²) in [5, 5.41) is 14.7. The third-order valence-electron chi connectivity index (χ3n) is 3.81. The van der Waals surface area contributed by atoms with E-state index in [-0.39, 0.29) is 18.0 Å². The Bertz CT molecular complexity index is 548. The standard InChI is InChI=1S/C15H19BrN2O3/c1-2-9-7-11(16)4-6-13(9)18-15(21)17-12-5-3-10(8-12)14(19)20/h4,6-7,10,12H,2-3,5,8H2,1H3,(H,19,20)(H2,17,18,21)/t10-,12+/m1/s1. The molecule has 0 aromatic heterocycles. The van der Waals surface area contributed by atoms with E-state index in [9.17, 15) is 9.59 Å². The van der Waals surface area contributed by atoms with E-state index in [1.807, 2.05) is 25.1 Å². The van der Waals surface area contributed by atoms with Gasteiger partial charge in [0.25, 0.3) is 0 Å². The van der Waals surface area contributed by atoms with E-state index >= 15 is 0 Å². The predicted molar refractivity (Wildman–Crippen MR) is 84.4 cm³/mol. The van der Waals surface area contributed by atoms with E-state index in [2.05, 4.69) is 26.6 Å². The molecule has 6 heteroatoms. The van der Waals surface area contributed by atoms with Gasteiger partial charge in [-0.25, -0.2) is 4.79 Å². The number of urea groups is 1. The van der Waals surface area contributed by atoms with Crippen molar-refractivity contribution in [3.63, 3.8) is 0 Å². The summed E-state index contributed by atoms with van der Waals surface area (Å²) in [7, 11) is 0. The van der Waals surface area contributed by atoms with Crippen LogP contribution in [-0.2, 0) is 11.2 Å². The minimum Gasteiger partial charge on any atom is -0.481 e. The van der Waals surface area contributed by atoms with Crippen LogP contribution in [0.1, 0.15) is 31.7 Å². The zero-order valence-corrected chi connectivity index (χ0v) is 13.4. The summed E-state index contributed by atoms with van der Waals surface area (Å²) in [6.45, 7) is 2.03. The second-order valence-corrected chi connectivity index (χ2v) is 6.21. The van der Waals surface area contributed by atoms with Crippen molar-refractivity contribution >= 4 is 33.6 Å². The summed E-state index contributed by atoms with van der Waals surface area (Å²) < 4.78 is 0.977. The number of aliphatic carboxylic acids is 1. The van der Waals surface area contributed by atoms with Gasteiger partial charge >= 0.3 is 12.0 Å². The summed E-state index contributed by atoms with van der Waals surface area (Å²) in [6.07, 6.45) is 2.66. The highest BCUT2D eigenvalue weighted by atomic mass is 79.9. The number of carbonyl (C=O) groups is 2. The molecule has 1 saturated carbocycles. The Kier molecular flexibility index (Phi) is 5.22. The van der Waals surface area contributed by atoms with Crippen molar-refractivity contribution in [1.82, 2.24) is 5.32 Å². The number of anilines is 1. The van der Waals surface area contributed by atoms with Gasteiger partial charge in [0.15, 0.2) is 0 Å². The highest BCUT2D eigenvalue weighted by molar-refractivity contribution is 9.10. The molecule has 2 amide bonds. The van der Waals surface area contributed by atoms with Crippen molar-refractivity contribution in [3.8, 4) is 0 Å². The van der Waals surface area contributed by atoms with Gasteiger partial charge < -0.3 is 15.7 Å². The van der Waals surface area contributed by atoms with Crippen LogP contribution in [0, 0.1) is 5.92 Å². The van der Waals surface area contributed by atoms with Gasteiger partial charge in [-0.15, -0.1) is 0 Å². The van der Waals surface area contributed by atoms with E-state index in [1.165, 1.54) is 0 Å². The summed E-state index contributed by atoms with van der Waals surface area (Å²) in [4.78, 5) is 22.9. The van der Waals surface area contributed by atoms with Crippen LogP contribution in [0.4, 0.5) is 10.5 Å². The molecule has 114 valence electrons.